The molecule has 1 nitrogen and oxygen atoms in total. The maximum absolute atomic E-state index is 5.93. The predicted molar refractivity (Wildman–Crippen MR) is 87.4 cm³/mol. The summed E-state index contributed by atoms with van der Waals surface area (Å²) in [6, 6.07) is 12.8. The Morgan fingerprint density at radius 1 is 1.00 bits per heavy atom. The average Bonchev–Trinajstić information content (AvgIpc) is 2.38. The third-order valence-electron chi connectivity index (χ3n) is 3.80. The summed E-state index contributed by atoms with van der Waals surface area (Å²) in [4.78, 5) is 0. The van der Waals surface area contributed by atoms with Gasteiger partial charge in [0.15, 0.2) is 0 Å². The van der Waals surface area contributed by atoms with Crippen LogP contribution >= 0.6 is 11.6 Å². The van der Waals surface area contributed by atoms with E-state index in [9.17, 15) is 0 Å². The molecule has 0 bridgehead atoms. The highest BCUT2D eigenvalue weighted by molar-refractivity contribution is 6.30. The van der Waals surface area contributed by atoms with Crippen LogP contribution in [0.25, 0.3) is 0 Å². The zero-order valence-corrected chi connectivity index (χ0v) is 13.4. The lowest BCUT2D eigenvalue weighted by molar-refractivity contribution is 0.572. The number of aryl methyl sites for hydroxylation is 3. The molecule has 0 aliphatic heterocycles. The number of rotatable bonds is 4. The molecule has 0 spiro atoms. The van der Waals surface area contributed by atoms with Crippen LogP contribution in [0.1, 0.15) is 40.8 Å². The molecule has 2 heteroatoms. The summed E-state index contributed by atoms with van der Waals surface area (Å²) in [6.07, 6.45) is 0. The molecular formula is C18H22ClN. The highest BCUT2D eigenvalue weighted by Crippen LogP contribution is 2.19. The first-order chi connectivity index (χ1) is 9.47. The van der Waals surface area contributed by atoms with Crippen LogP contribution < -0.4 is 5.32 Å². The molecule has 0 saturated carbocycles. The lowest BCUT2D eigenvalue weighted by Gasteiger charge is -2.17. The van der Waals surface area contributed by atoms with Crippen molar-refractivity contribution in [1.82, 2.24) is 5.32 Å². The van der Waals surface area contributed by atoms with Gasteiger partial charge in [0.25, 0.3) is 0 Å². The minimum absolute atomic E-state index is 0.312. The van der Waals surface area contributed by atoms with Gasteiger partial charge in [-0.25, -0.2) is 0 Å². The average molecular weight is 288 g/mol. The number of nitrogens with one attached hydrogen (secondary N) is 1. The molecule has 0 amide bonds. The zero-order valence-electron chi connectivity index (χ0n) is 12.6. The minimum atomic E-state index is 0.312. The van der Waals surface area contributed by atoms with Crippen LogP contribution in [0.3, 0.4) is 0 Å². The van der Waals surface area contributed by atoms with Crippen LogP contribution in [0, 0.1) is 20.8 Å². The van der Waals surface area contributed by atoms with Gasteiger partial charge in [0.2, 0.25) is 0 Å². The van der Waals surface area contributed by atoms with Crippen molar-refractivity contribution >= 4 is 11.6 Å². The summed E-state index contributed by atoms with van der Waals surface area (Å²) in [5.41, 5.74) is 6.71. The van der Waals surface area contributed by atoms with E-state index in [1.807, 2.05) is 12.1 Å². The van der Waals surface area contributed by atoms with E-state index < -0.39 is 0 Å². The summed E-state index contributed by atoms with van der Waals surface area (Å²) in [5.74, 6) is 0. The first-order valence-corrected chi connectivity index (χ1v) is 7.40. The zero-order chi connectivity index (χ0) is 14.7. The molecule has 0 unspecified atom stereocenters. The van der Waals surface area contributed by atoms with Crippen molar-refractivity contribution in [2.45, 2.75) is 40.3 Å². The Balaban J connectivity index is 2.07. The van der Waals surface area contributed by atoms with E-state index >= 15 is 0 Å². The number of benzene rings is 2. The Bertz CT molecular complexity index is 564. The van der Waals surface area contributed by atoms with Crippen molar-refractivity contribution in [1.29, 1.82) is 0 Å². The summed E-state index contributed by atoms with van der Waals surface area (Å²) in [5, 5.41) is 4.38. The van der Waals surface area contributed by atoms with E-state index in [2.05, 4.69) is 57.3 Å². The van der Waals surface area contributed by atoms with Gasteiger partial charge in [-0.1, -0.05) is 41.4 Å². The fourth-order valence-corrected chi connectivity index (χ4v) is 2.74. The molecule has 0 radical (unpaired) electrons. The van der Waals surface area contributed by atoms with Gasteiger partial charge in [0, 0.05) is 17.6 Å². The maximum atomic E-state index is 5.93. The first-order valence-electron chi connectivity index (χ1n) is 7.03. The summed E-state index contributed by atoms with van der Waals surface area (Å²) >= 11 is 5.93. The third kappa shape index (κ3) is 3.62. The van der Waals surface area contributed by atoms with E-state index in [0.29, 0.717) is 6.04 Å². The number of hydrogen-bond acceptors (Lipinski definition) is 1. The minimum Gasteiger partial charge on any atom is -0.306 e. The van der Waals surface area contributed by atoms with Crippen molar-refractivity contribution in [3.05, 3.63) is 69.2 Å². The number of halogens is 1. The van der Waals surface area contributed by atoms with E-state index in [1.54, 1.807) is 0 Å². The molecule has 1 atom stereocenters. The molecule has 0 aliphatic rings. The monoisotopic (exact) mass is 287 g/mol. The van der Waals surface area contributed by atoms with Gasteiger partial charge in [0.05, 0.1) is 0 Å². The molecule has 20 heavy (non-hydrogen) atoms. The SMILES string of the molecule is Cc1cc(C)c(CN[C@@H](C)c2ccc(Cl)cc2)c(C)c1. The van der Waals surface area contributed by atoms with Crippen LogP contribution in [0.15, 0.2) is 36.4 Å². The Morgan fingerprint density at radius 2 is 1.55 bits per heavy atom. The lowest BCUT2D eigenvalue weighted by Crippen LogP contribution is -2.19. The smallest absolute Gasteiger partial charge is 0.0406 e. The topological polar surface area (TPSA) is 12.0 Å². The standard InChI is InChI=1S/C18H22ClN/c1-12-9-13(2)18(14(3)10-12)11-20-15(4)16-5-7-17(19)8-6-16/h5-10,15,20H,11H2,1-4H3/t15-/m0/s1. The highest BCUT2D eigenvalue weighted by atomic mass is 35.5. The van der Waals surface area contributed by atoms with Crippen molar-refractivity contribution in [2.75, 3.05) is 0 Å². The van der Waals surface area contributed by atoms with E-state index in [-0.39, 0.29) is 0 Å². The summed E-state index contributed by atoms with van der Waals surface area (Å²) < 4.78 is 0. The van der Waals surface area contributed by atoms with Crippen LogP contribution in [0.4, 0.5) is 0 Å². The molecule has 106 valence electrons. The van der Waals surface area contributed by atoms with Crippen LogP contribution in [0.5, 0.6) is 0 Å². The molecule has 1 N–H and O–H groups in total. The second-order valence-electron chi connectivity index (χ2n) is 5.53. The molecule has 0 fully saturated rings. The summed E-state index contributed by atoms with van der Waals surface area (Å²) in [6.45, 7) is 9.59. The fourth-order valence-electron chi connectivity index (χ4n) is 2.61. The Labute approximate surface area is 127 Å². The van der Waals surface area contributed by atoms with Gasteiger partial charge in [-0.3, -0.25) is 0 Å². The Morgan fingerprint density at radius 3 is 2.10 bits per heavy atom. The third-order valence-corrected chi connectivity index (χ3v) is 4.05. The lowest BCUT2D eigenvalue weighted by atomic mass is 9.99. The molecule has 0 heterocycles. The van der Waals surface area contributed by atoms with Crippen LogP contribution in [0.2, 0.25) is 5.02 Å². The molecule has 0 aliphatic carbocycles. The van der Waals surface area contributed by atoms with E-state index in [4.69, 9.17) is 11.6 Å². The maximum Gasteiger partial charge on any atom is 0.0406 e. The molecule has 2 aromatic rings. The quantitative estimate of drug-likeness (QED) is 0.823. The van der Waals surface area contributed by atoms with Gasteiger partial charge < -0.3 is 5.32 Å². The van der Waals surface area contributed by atoms with Crippen molar-refractivity contribution in [3.8, 4) is 0 Å². The van der Waals surface area contributed by atoms with Crippen LogP contribution in [-0.4, -0.2) is 0 Å². The molecular weight excluding hydrogens is 266 g/mol. The van der Waals surface area contributed by atoms with Gasteiger partial charge in [0.1, 0.15) is 0 Å². The first kappa shape index (κ1) is 15.1. The highest BCUT2D eigenvalue weighted by Gasteiger charge is 2.08. The van der Waals surface area contributed by atoms with Crippen molar-refractivity contribution in [3.63, 3.8) is 0 Å². The van der Waals surface area contributed by atoms with Crippen molar-refractivity contribution in [2.24, 2.45) is 0 Å². The van der Waals surface area contributed by atoms with Gasteiger partial charge in [-0.05, 0) is 62.1 Å². The molecule has 0 saturated heterocycles. The predicted octanol–water partition coefficient (Wildman–Crippen LogP) is 5.12. The molecule has 0 aromatic heterocycles. The van der Waals surface area contributed by atoms with Gasteiger partial charge >= 0.3 is 0 Å². The normalized spacial score (nSPS) is 12.4. The van der Waals surface area contributed by atoms with E-state index in [0.717, 1.165) is 11.6 Å². The molecule has 2 rings (SSSR count). The Hall–Kier alpha value is -1.31. The summed E-state index contributed by atoms with van der Waals surface area (Å²) in [7, 11) is 0. The number of hydrogen-bond donors (Lipinski definition) is 1. The largest absolute Gasteiger partial charge is 0.306 e. The second kappa shape index (κ2) is 6.43. The van der Waals surface area contributed by atoms with E-state index in [1.165, 1.54) is 27.8 Å². The second-order valence-corrected chi connectivity index (χ2v) is 5.97. The fraction of sp³-hybridized carbons (Fsp3) is 0.333. The Kier molecular flexibility index (Phi) is 4.85. The van der Waals surface area contributed by atoms with Gasteiger partial charge in [-0.2, -0.15) is 0 Å². The molecule has 2 aromatic carbocycles. The van der Waals surface area contributed by atoms with Gasteiger partial charge in [-0.15, -0.1) is 0 Å². The van der Waals surface area contributed by atoms with Crippen molar-refractivity contribution < 1.29 is 0 Å². The van der Waals surface area contributed by atoms with Crippen LogP contribution in [-0.2, 0) is 6.54 Å².